The van der Waals surface area contributed by atoms with Crippen LogP contribution >= 0.6 is 11.8 Å². The molecule has 2 aromatic rings. The zero-order valence-electron chi connectivity index (χ0n) is 16.7. The van der Waals surface area contributed by atoms with E-state index in [1.165, 1.54) is 18.9 Å². The van der Waals surface area contributed by atoms with E-state index in [9.17, 15) is 9.90 Å². The number of aliphatic hydroxyl groups is 1. The largest absolute Gasteiger partial charge is 0.506 e. The number of esters is 1. The van der Waals surface area contributed by atoms with E-state index in [0.29, 0.717) is 21.4 Å². The molecule has 0 atom stereocenters. The van der Waals surface area contributed by atoms with E-state index in [1.807, 2.05) is 61.5 Å². The monoisotopic (exact) mass is 410 g/mol. The molecule has 0 aromatic heterocycles. The maximum absolute atomic E-state index is 12.3. The second-order valence-corrected chi connectivity index (χ2v) is 7.43. The first-order valence-corrected chi connectivity index (χ1v) is 9.67. The van der Waals surface area contributed by atoms with E-state index >= 15 is 0 Å². The van der Waals surface area contributed by atoms with Gasteiger partial charge >= 0.3 is 5.97 Å². The van der Waals surface area contributed by atoms with E-state index < -0.39 is 5.97 Å². The van der Waals surface area contributed by atoms with Gasteiger partial charge < -0.3 is 19.5 Å². The summed E-state index contributed by atoms with van der Waals surface area (Å²) < 4.78 is 10.2. The lowest BCUT2D eigenvalue weighted by atomic mass is 10.1. The normalized spacial score (nSPS) is 16.4. The molecule has 1 aliphatic heterocycles. The Hall–Kier alpha value is -3.19. The molecule has 150 valence electrons. The van der Waals surface area contributed by atoms with Crippen molar-refractivity contribution < 1.29 is 19.4 Å². The zero-order chi connectivity index (χ0) is 21.0. The third-order valence-corrected chi connectivity index (χ3v) is 5.31. The number of thioether (sulfide) groups is 1. The van der Waals surface area contributed by atoms with Crippen LogP contribution in [0.1, 0.15) is 5.56 Å². The van der Waals surface area contributed by atoms with Crippen molar-refractivity contribution in [2.24, 2.45) is 4.99 Å². The van der Waals surface area contributed by atoms with E-state index in [0.717, 1.165) is 11.3 Å². The Morgan fingerprint density at radius 2 is 1.79 bits per heavy atom. The van der Waals surface area contributed by atoms with Crippen LogP contribution in [0.2, 0.25) is 0 Å². The molecule has 1 aliphatic rings. The molecule has 7 heteroatoms. The van der Waals surface area contributed by atoms with E-state index in [4.69, 9.17) is 9.47 Å². The summed E-state index contributed by atoms with van der Waals surface area (Å²) in [6.07, 6.45) is 1.81. The van der Waals surface area contributed by atoms with Crippen LogP contribution in [0, 0.1) is 0 Å². The number of carbonyl (C=O) groups is 1. The molecule has 0 radical (unpaired) electrons. The molecule has 1 heterocycles. The predicted molar refractivity (Wildman–Crippen MR) is 118 cm³/mol. The number of hydrogen-bond acceptors (Lipinski definition) is 7. The van der Waals surface area contributed by atoms with Gasteiger partial charge in [0.05, 0.1) is 19.1 Å². The molecule has 0 bridgehead atoms. The Morgan fingerprint density at radius 3 is 2.41 bits per heavy atom. The van der Waals surface area contributed by atoms with Crippen molar-refractivity contribution >= 4 is 40.2 Å². The Kier molecular flexibility index (Phi) is 6.29. The number of ether oxygens (including phenoxy) is 2. The van der Waals surface area contributed by atoms with Gasteiger partial charge in [-0.25, -0.2) is 9.79 Å². The van der Waals surface area contributed by atoms with Crippen molar-refractivity contribution in [3.05, 3.63) is 70.3 Å². The molecule has 0 aliphatic carbocycles. The Labute approximate surface area is 174 Å². The highest BCUT2D eigenvalue weighted by Crippen LogP contribution is 2.41. The van der Waals surface area contributed by atoms with Gasteiger partial charge in [-0.1, -0.05) is 36.0 Å². The van der Waals surface area contributed by atoms with Crippen LogP contribution in [0.25, 0.3) is 6.08 Å². The SMILES string of the molecule is COC(=O)C1=C(O)C(=Cc2ccc(N(C)C)cc2)SC1=Nc1ccccc1OC. The summed E-state index contributed by atoms with van der Waals surface area (Å²) in [5, 5.41) is 11.1. The molecule has 0 fully saturated rings. The first-order valence-electron chi connectivity index (χ1n) is 8.85. The third-order valence-electron chi connectivity index (χ3n) is 4.29. The van der Waals surface area contributed by atoms with Crippen LogP contribution in [-0.4, -0.2) is 44.4 Å². The molecule has 2 aromatic carbocycles. The average Bonchev–Trinajstić information content (AvgIpc) is 3.03. The van der Waals surface area contributed by atoms with Crippen molar-refractivity contribution in [2.45, 2.75) is 0 Å². The number of benzene rings is 2. The number of methoxy groups -OCH3 is 2. The summed E-state index contributed by atoms with van der Waals surface area (Å²) in [5.74, 6) is -0.219. The number of hydrogen-bond donors (Lipinski definition) is 1. The highest BCUT2D eigenvalue weighted by molar-refractivity contribution is 8.18. The quantitative estimate of drug-likeness (QED) is 0.729. The number of anilines is 1. The van der Waals surface area contributed by atoms with Crippen molar-refractivity contribution in [3.8, 4) is 5.75 Å². The van der Waals surface area contributed by atoms with Gasteiger partial charge in [0.15, 0.2) is 0 Å². The van der Waals surface area contributed by atoms with Crippen LogP contribution < -0.4 is 9.64 Å². The molecule has 0 amide bonds. The maximum atomic E-state index is 12.3. The summed E-state index contributed by atoms with van der Waals surface area (Å²) >= 11 is 1.21. The Balaban J connectivity index is 2.02. The lowest BCUT2D eigenvalue weighted by Gasteiger charge is -2.11. The fraction of sp³-hybridized carbons (Fsp3) is 0.182. The molecule has 0 saturated heterocycles. The van der Waals surface area contributed by atoms with Crippen LogP contribution in [0.3, 0.4) is 0 Å². The molecule has 0 spiro atoms. The lowest BCUT2D eigenvalue weighted by Crippen LogP contribution is -2.10. The number of aliphatic imine (C=N–C) groups is 1. The minimum Gasteiger partial charge on any atom is -0.506 e. The topological polar surface area (TPSA) is 71.4 Å². The number of nitrogens with zero attached hydrogens (tertiary/aromatic N) is 2. The van der Waals surface area contributed by atoms with Gasteiger partial charge in [0, 0.05) is 19.8 Å². The smallest absolute Gasteiger partial charge is 0.344 e. The van der Waals surface area contributed by atoms with Gasteiger partial charge in [-0.2, -0.15) is 0 Å². The van der Waals surface area contributed by atoms with Gasteiger partial charge in [0.1, 0.15) is 27.8 Å². The molecular formula is C22H22N2O4S. The van der Waals surface area contributed by atoms with E-state index in [1.54, 1.807) is 19.2 Å². The van der Waals surface area contributed by atoms with Gasteiger partial charge in [-0.05, 0) is 35.9 Å². The molecule has 3 rings (SSSR count). The summed E-state index contributed by atoms with van der Waals surface area (Å²) in [4.78, 5) is 19.4. The highest BCUT2D eigenvalue weighted by Gasteiger charge is 2.33. The number of carbonyl (C=O) groups excluding carboxylic acids is 1. The number of para-hydroxylation sites is 2. The Bertz CT molecular complexity index is 1010. The molecular weight excluding hydrogens is 388 g/mol. The summed E-state index contributed by atoms with van der Waals surface area (Å²) in [5.41, 5.74) is 2.56. The second-order valence-electron chi connectivity index (χ2n) is 6.40. The van der Waals surface area contributed by atoms with Crippen LogP contribution in [0.5, 0.6) is 5.75 Å². The Morgan fingerprint density at radius 1 is 1.10 bits per heavy atom. The maximum Gasteiger partial charge on any atom is 0.344 e. The van der Waals surface area contributed by atoms with E-state index in [2.05, 4.69) is 4.99 Å². The van der Waals surface area contributed by atoms with Gasteiger partial charge in [0.25, 0.3) is 0 Å². The van der Waals surface area contributed by atoms with Gasteiger partial charge in [-0.15, -0.1) is 0 Å². The highest BCUT2D eigenvalue weighted by atomic mass is 32.2. The summed E-state index contributed by atoms with van der Waals surface area (Å²) in [7, 11) is 6.77. The van der Waals surface area contributed by atoms with Crippen molar-refractivity contribution in [1.82, 2.24) is 0 Å². The predicted octanol–water partition coefficient (Wildman–Crippen LogP) is 4.56. The molecule has 6 nitrogen and oxygen atoms in total. The van der Waals surface area contributed by atoms with E-state index in [-0.39, 0.29) is 11.3 Å². The minimum absolute atomic E-state index is 0.0413. The zero-order valence-corrected chi connectivity index (χ0v) is 17.5. The number of rotatable bonds is 5. The average molecular weight is 410 g/mol. The summed E-state index contributed by atoms with van der Waals surface area (Å²) in [6, 6.07) is 15.1. The molecule has 1 N–H and O–H groups in total. The third kappa shape index (κ3) is 4.46. The van der Waals surface area contributed by atoms with Crippen molar-refractivity contribution in [3.63, 3.8) is 0 Å². The fourth-order valence-corrected chi connectivity index (χ4v) is 3.77. The summed E-state index contributed by atoms with van der Waals surface area (Å²) in [6.45, 7) is 0. The molecule has 0 saturated carbocycles. The van der Waals surface area contributed by atoms with Crippen molar-refractivity contribution in [1.29, 1.82) is 0 Å². The van der Waals surface area contributed by atoms with Gasteiger partial charge in [-0.3, -0.25) is 0 Å². The van der Waals surface area contributed by atoms with Gasteiger partial charge in [0.2, 0.25) is 0 Å². The standard InChI is InChI=1S/C22H22N2O4S/c1-24(2)15-11-9-14(10-12-15)13-18-20(25)19(22(26)28-4)21(29-18)23-16-7-5-6-8-17(16)27-3/h5-13,25H,1-4H3. The molecule has 29 heavy (non-hydrogen) atoms. The second kappa shape index (κ2) is 8.87. The van der Waals surface area contributed by atoms with Crippen molar-refractivity contribution in [2.75, 3.05) is 33.2 Å². The fourth-order valence-electron chi connectivity index (χ4n) is 2.74. The lowest BCUT2D eigenvalue weighted by molar-refractivity contribution is -0.135. The van der Waals surface area contributed by atoms with Crippen LogP contribution in [0.15, 0.2) is 69.8 Å². The first-order chi connectivity index (χ1) is 13.9. The minimum atomic E-state index is -0.644. The van der Waals surface area contributed by atoms with Crippen LogP contribution in [0.4, 0.5) is 11.4 Å². The van der Waals surface area contributed by atoms with Crippen LogP contribution in [-0.2, 0) is 9.53 Å². The molecule has 0 unspecified atom stereocenters. The number of aliphatic hydroxyl groups excluding tert-OH is 1. The first kappa shape index (κ1) is 20.5.